The zero-order valence-electron chi connectivity index (χ0n) is 7.80. The number of alkyl halides is 2. The van der Waals surface area contributed by atoms with Crippen molar-refractivity contribution in [3.8, 4) is 11.8 Å². The van der Waals surface area contributed by atoms with E-state index in [2.05, 4.69) is 20.9 Å². The van der Waals surface area contributed by atoms with Crippen LogP contribution < -0.4 is 4.74 Å². The lowest BCUT2D eigenvalue weighted by Gasteiger charge is -2.11. The van der Waals surface area contributed by atoms with E-state index in [9.17, 15) is 8.78 Å². The van der Waals surface area contributed by atoms with Crippen molar-refractivity contribution in [2.45, 2.75) is 12.8 Å². The van der Waals surface area contributed by atoms with Crippen molar-refractivity contribution in [2.24, 2.45) is 0 Å². The Balaban J connectivity index is 3.27. The zero-order valence-corrected chi connectivity index (χ0v) is 9.38. The van der Waals surface area contributed by atoms with E-state index in [1.807, 2.05) is 6.07 Å². The summed E-state index contributed by atoms with van der Waals surface area (Å²) < 4.78 is 30.2. The summed E-state index contributed by atoms with van der Waals surface area (Å²) >= 11 is 3.09. The van der Waals surface area contributed by atoms with Crippen molar-refractivity contribution in [3.05, 3.63) is 21.9 Å². The van der Waals surface area contributed by atoms with E-state index >= 15 is 0 Å². The molecule has 1 aromatic rings. The number of aromatic nitrogens is 1. The van der Waals surface area contributed by atoms with Gasteiger partial charge in [-0.1, -0.05) is 0 Å². The Labute approximate surface area is 93.8 Å². The highest BCUT2D eigenvalue weighted by Gasteiger charge is 2.19. The first-order chi connectivity index (χ1) is 7.11. The van der Waals surface area contributed by atoms with Gasteiger partial charge in [-0.05, 0) is 15.9 Å². The third kappa shape index (κ3) is 2.42. The maximum Gasteiger partial charge on any atom is 0.268 e. The summed E-state index contributed by atoms with van der Waals surface area (Å²) in [4.78, 5) is 3.77. The molecule has 0 amide bonds. The fourth-order valence-corrected chi connectivity index (χ4v) is 1.71. The SMILES string of the molecule is COc1c(C(F)F)cnc(CC#N)c1Br. The Bertz CT molecular complexity index is 404. The molecule has 1 rings (SSSR count). The van der Waals surface area contributed by atoms with Gasteiger partial charge in [0.1, 0.15) is 5.75 Å². The summed E-state index contributed by atoms with van der Waals surface area (Å²) in [6.07, 6.45) is -1.58. The summed E-state index contributed by atoms with van der Waals surface area (Å²) in [6.45, 7) is 0. The zero-order chi connectivity index (χ0) is 11.4. The Morgan fingerprint density at radius 1 is 1.67 bits per heavy atom. The monoisotopic (exact) mass is 276 g/mol. The van der Waals surface area contributed by atoms with Crippen LogP contribution in [0.5, 0.6) is 5.75 Å². The molecule has 0 aliphatic rings. The number of halogens is 3. The average molecular weight is 277 g/mol. The minimum atomic E-state index is -2.65. The molecule has 0 saturated carbocycles. The van der Waals surface area contributed by atoms with Gasteiger partial charge in [0.25, 0.3) is 6.43 Å². The highest BCUT2D eigenvalue weighted by Crippen LogP contribution is 2.36. The molecule has 1 aromatic heterocycles. The third-order valence-electron chi connectivity index (χ3n) is 1.76. The molecule has 1 heterocycles. The number of nitriles is 1. The molecule has 3 nitrogen and oxygen atoms in total. The van der Waals surface area contributed by atoms with Gasteiger partial charge >= 0.3 is 0 Å². The van der Waals surface area contributed by atoms with Crippen LogP contribution in [-0.2, 0) is 6.42 Å². The first kappa shape index (κ1) is 11.9. The van der Waals surface area contributed by atoms with Crippen molar-refractivity contribution >= 4 is 15.9 Å². The topological polar surface area (TPSA) is 45.9 Å². The predicted octanol–water partition coefficient (Wildman–Crippen LogP) is 2.86. The standard InChI is InChI=1S/C9H7BrF2N2O/c1-15-8-5(9(11)12)4-14-6(2-3-13)7(8)10/h4,9H,2H2,1H3. The second-order valence-corrected chi connectivity index (χ2v) is 3.44. The van der Waals surface area contributed by atoms with Crippen LogP contribution in [-0.4, -0.2) is 12.1 Å². The van der Waals surface area contributed by atoms with E-state index in [1.54, 1.807) is 0 Å². The van der Waals surface area contributed by atoms with Crippen molar-refractivity contribution in [2.75, 3.05) is 7.11 Å². The summed E-state index contributed by atoms with van der Waals surface area (Å²) in [5.74, 6) is 0.0326. The van der Waals surface area contributed by atoms with Gasteiger partial charge in [-0.2, -0.15) is 5.26 Å². The molecule has 0 radical (unpaired) electrons. The molecule has 0 spiro atoms. The smallest absolute Gasteiger partial charge is 0.268 e. The highest BCUT2D eigenvalue weighted by molar-refractivity contribution is 9.10. The van der Waals surface area contributed by atoms with Crippen LogP contribution in [0.2, 0.25) is 0 Å². The summed E-state index contributed by atoms with van der Waals surface area (Å²) in [5, 5.41) is 8.49. The van der Waals surface area contributed by atoms with Crippen LogP contribution in [0, 0.1) is 11.3 Å². The van der Waals surface area contributed by atoms with Crippen molar-refractivity contribution in [1.29, 1.82) is 5.26 Å². The summed E-state index contributed by atoms with van der Waals surface area (Å²) in [7, 11) is 1.29. The largest absolute Gasteiger partial charge is 0.495 e. The van der Waals surface area contributed by atoms with Gasteiger partial charge in [-0.15, -0.1) is 0 Å². The van der Waals surface area contributed by atoms with Gasteiger partial charge in [0.15, 0.2) is 0 Å². The lowest BCUT2D eigenvalue weighted by molar-refractivity contribution is 0.146. The van der Waals surface area contributed by atoms with Crippen LogP contribution in [0.1, 0.15) is 17.7 Å². The second-order valence-electron chi connectivity index (χ2n) is 2.64. The highest BCUT2D eigenvalue weighted by atomic mass is 79.9. The summed E-state index contributed by atoms with van der Waals surface area (Å²) in [5.41, 5.74) is 0.102. The van der Waals surface area contributed by atoms with Crippen LogP contribution in [0.15, 0.2) is 10.7 Å². The molecule has 6 heteroatoms. The molecule has 0 atom stereocenters. The average Bonchev–Trinajstić information content (AvgIpc) is 2.20. The van der Waals surface area contributed by atoms with Gasteiger partial charge in [-0.3, -0.25) is 4.98 Å². The molecule has 0 aliphatic heterocycles. The predicted molar refractivity (Wildman–Crippen MR) is 52.8 cm³/mol. The number of methoxy groups -OCH3 is 1. The maximum absolute atomic E-state index is 12.5. The lowest BCUT2D eigenvalue weighted by Crippen LogP contribution is -1.99. The second kappa shape index (κ2) is 5.03. The van der Waals surface area contributed by atoms with Gasteiger partial charge < -0.3 is 4.74 Å². The van der Waals surface area contributed by atoms with Crippen LogP contribution in [0.25, 0.3) is 0 Å². The number of nitrogens with zero attached hydrogens (tertiary/aromatic N) is 2. The fraction of sp³-hybridized carbons (Fsp3) is 0.333. The van der Waals surface area contributed by atoms with Gasteiger partial charge in [0.05, 0.1) is 35.3 Å². The molecule has 0 aromatic carbocycles. The summed E-state index contributed by atoms with van der Waals surface area (Å²) in [6, 6.07) is 1.89. The van der Waals surface area contributed by atoms with Crippen molar-refractivity contribution in [1.82, 2.24) is 4.98 Å². The number of hydrogen-bond donors (Lipinski definition) is 0. The van der Waals surface area contributed by atoms with Crippen LogP contribution in [0.3, 0.4) is 0 Å². The molecular weight excluding hydrogens is 270 g/mol. The van der Waals surface area contributed by atoms with E-state index in [1.165, 1.54) is 7.11 Å². The van der Waals surface area contributed by atoms with Crippen molar-refractivity contribution < 1.29 is 13.5 Å². The van der Waals surface area contributed by atoms with E-state index < -0.39 is 6.43 Å². The van der Waals surface area contributed by atoms with Gasteiger partial charge in [0, 0.05) is 6.20 Å². The Hall–Kier alpha value is -1.22. The lowest BCUT2D eigenvalue weighted by atomic mass is 10.2. The number of ether oxygens (including phenoxy) is 1. The molecular formula is C9H7BrF2N2O. The Kier molecular flexibility index (Phi) is 3.97. The minimum Gasteiger partial charge on any atom is -0.495 e. The molecule has 0 aliphatic carbocycles. The van der Waals surface area contributed by atoms with E-state index in [4.69, 9.17) is 10.00 Å². The quantitative estimate of drug-likeness (QED) is 0.853. The Morgan fingerprint density at radius 2 is 2.33 bits per heavy atom. The van der Waals surface area contributed by atoms with E-state index in [-0.39, 0.29) is 17.7 Å². The van der Waals surface area contributed by atoms with Gasteiger partial charge in [0.2, 0.25) is 0 Å². The van der Waals surface area contributed by atoms with E-state index in [0.717, 1.165) is 6.20 Å². The molecule has 0 N–H and O–H groups in total. The van der Waals surface area contributed by atoms with Crippen LogP contribution in [0.4, 0.5) is 8.78 Å². The minimum absolute atomic E-state index is 0.0326. The molecule has 15 heavy (non-hydrogen) atoms. The molecule has 80 valence electrons. The molecule has 0 saturated heterocycles. The molecule has 0 bridgehead atoms. The number of pyridine rings is 1. The Morgan fingerprint density at radius 3 is 2.80 bits per heavy atom. The normalized spacial score (nSPS) is 10.1. The first-order valence-corrected chi connectivity index (χ1v) is 4.77. The molecule has 0 fully saturated rings. The maximum atomic E-state index is 12.5. The van der Waals surface area contributed by atoms with Crippen molar-refractivity contribution in [3.63, 3.8) is 0 Å². The molecule has 0 unspecified atom stereocenters. The number of rotatable bonds is 3. The van der Waals surface area contributed by atoms with Crippen LogP contribution >= 0.6 is 15.9 Å². The first-order valence-electron chi connectivity index (χ1n) is 3.98. The van der Waals surface area contributed by atoms with E-state index in [0.29, 0.717) is 10.2 Å². The third-order valence-corrected chi connectivity index (χ3v) is 2.58. The number of hydrogen-bond acceptors (Lipinski definition) is 3. The fourth-order valence-electron chi connectivity index (χ4n) is 1.08. The van der Waals surface area contributed by atoms with Gasteiger partial charge in [-0.25, -0.2) is 8.78 Å².